The molecule has 0 spiro atoms. The number of nitrogens with zero attached hydrogens (tertiary/aromatic N) is 1. The lowest BCUT2D eigenvalue weighted by Gasteiger charge is -2.12. The van der Waals surface area contributed by atoms with Crippen molar-refractivity contribution >= 4 is 47.1 Å². The molecule has 0 saturated carbocycles. The van der Waals surface area contributed by atoms with Gasteiger partial charge >= 0.3 is 5.97 Å². The van der Waals surface area contributed by atoms with Crippen LogP contribution in [0.2, 0.25) is 10.0 Å². The minimum atomic E-state index is -0.715. The van der Waals surface area contributed by atoms with Gasteiger partial charge in [0.05, 0.1) is 21.2 Å². The van der Waals surface area contributed by atoms with Crippen molar-refractivity contribution in [3.8, 4) is 0 Å². The first-order valence-corrected chi connectivity index (χ1v) is 7.98. The largest absolute Gasteiger partial charge is 0.441 e. The number of hydrogen-bond donors (Lipinski definition) is 0. The van der Waals surface area contributed by atoms with Crippen LogP contribution in [0.25, 0.3) is 6.08 Å². The van der Waals surface area contributed by atoms with Gasteiger partial charge in [-0.2, -0.15) is 0 Å². The monoisotopic (exact) mass is 375 g/mol. The van der Waals surface area contributed by atoms with Gasteiger partial charge in [-0.3, -0.25) is 9.59 Å². The third kappa shape index (κ3) is 3.43. The van der Waals surface area contributed by atoms with Crippen LogP contribution < -0.4 is 0 Å². The lowest BCUT2D eigenvalue weighted by molar-refractivity contribution is -0.140. The first kappa shape index (κ1) is 17.2. The van der Waals surface area contributed by atoms with E-state index in [0.29, 0.717) is 26.7 Å². The number of hydrogen-bond acceptors (Lipinski definition) is 4. The lowest BCUT2D eigenvalue weighted by atomic mass is 10.1. The highest BCUT2D eigenvalue weighted by atomic mass is 35.5. The number of amides is 2. The molecule has 5 nitrogen and oxygen atoms in total. The molecular weight excluding hydrogens is 365 g/mol. The predicted molar refractivity (Wildman–Crippen MR) is 93.4 cm³/mol. The Labute approximate surface area is 153 Å². The van der Waals surface area contributed by atoms with Crippen molar-refractivity contribution in [3.63, 3.8) is 0 Å². The number of fused-ring (bicyclic) bond motifs is 1. The van der Waals surface area contributed by atoms with Crippen LogP contribution in [-0.4, -0.2) is 29.4 Å². The summed E-state index contributed by atoms with van der Waals surface area (Å²) in [6, 6.07) is 11.4. The van der Waals surface area contributed by atoms with E-state index in [0.717, 1.165) is 11.0 Å². The van der Waals surface area contributed by atoms with Crippen LogP contribution in [0.1, 0.15) is 26.3 Å². The molecule has 2 aromatic rings. The summed E-state index contributed by atoms with van der Waals surface area (Å²) in [7, 11) is 0. The Balaban J connectivity index is 1.64. The molecule has 2 amide bonds. The Hall–Kier alpha value is -2.63. The van der Waals surface area contributed by atoms with E-state index in [4.69, 9.17) is 27.9 Å². The van der Waals surface area contributed by atoms with Crippen molar-refractivity contribution in [2.24, 2.45) is 0 Å². The van der Waals surface area contributed by atoms with Gasteiger partial charge in [-0.05, 0) is 29.8 Å². The van der Waals surface area contributed by atoms with Gasteiger partial charge in [-0.1, -0.05) is 47.5 Å². The van der Waals surface area contributed by atoms with Gasteiger partial charge < -0.3 is 4.74 Å². The van der Waals surface area contributed by atoms with Gasteiger partial charge in [0, 0.05) is 6.08 Å². The number of rotatable bonds is 4. The van der Waals surface area contributed by atoms with E-state index in [-0.39, 0.29) is 0 Å². The average Bonchev–Trinajstić information content (AvgIpc) is 2.86. The summed E-state index contributed by atoms with van der Waals surface area (Å²) in [4.78, 5) is 37.0. The molecule has 0 aromatic heterocycles. The Morgan fingerprint density at radius 1 is 1.00 bits per heavy atom. The third-order valence-electron chi connectivity index (χ3n) is 3.59. The van der Waals surface area contributed by atoms with Crippen molar-refractivity contribution in [1.29, 1.82) is 0 Å². The Morgan fingerprint density at radius 3 is 2.28 bits per heavy atom. The van der Waals surface area contributed by atoms with Gasteiger partial charge in [0.25, 0.3) is 11.8 Å². The number of carbonyl (C=O) groups is 3. The van der Waals surface area contributed by atoms with Gasteiger partial charge in [-0.25, -0.2) is 9.69 Å². The van der Waals surface area contributed by atoms with E-state index < -0.39 is 24.5 Å². The molecule has 0 N–H and O–H groups in total. The number of esters is 1. The summed E-state index contributed by atoms with van der Waals surface area (Å²) in [5, 5.41) is 0.678. The molecule has 1 heterocycles. The average molecular weight is 376 g/mol. The Morgan fingerprint density at radius 2 is 1.64 bits per heavy atom. The maximum Gasteiger partial charge on any atom is 0.332 e. The predicted octanol–water partition coefficient (Wildman–Crippen LogP) is 3.80. The lowest BCUT2D eigenvalue weighted by Crippen LogP contribution is -2.32. The van der Waals surface area contributed by atoms with Gasteiger partial charge in [-0.15, -0.1) is 0 Å². The first-order chi connectivity index (χ1) is 12.0. The molecular formula is C18H11Cl2NO4. The van der Waals surface area contributed by atoms with E-state index >= 15 is 0 Å². The SMILES string of the molecule is O=C(/C=C/c1cccc(Cl)c1Cl)OCN1C(=O)c2ccccc2C1=O. The van der Waals surface area contributed by atoms with Crippen molar-refractivity contribution in [1.82, 2.24) is 4.90 Å². The fourth-order valence-corrected chi connectivity index (χ4v) is 2.71. The van der Waals surface area contributed by atoms with E-state index in [1.54, 1.807) is 42.5 Å². The van der Waals surface area contributed by atoms with Crippen LogP contribution in [0.4, 0.5) is 0 Å². The van der Waals surface area contributed by atoms with E-state index in [9.17, 15) is 14.4 Å². The molecule has 7 heteroatoms. The molecule has 3 rings (SSSR count). The summed E-state index contributed by atoms with van der Waals surface area (Å²) < 4.78 is 4.97. The van der Waals surface area contributed by atoms with Crippen molar-refractivity contribution in [2.45, 2.75) is 0 Å². The maximum absolute atomic E-state index is 12.1. The van der Waals surface area contributed by atoms with Crippen molar-refractivity contribution in [3.05, 3.63) is 75.3 Å². The molecule has 0 radical (unpaired) electrons. The van der Waals surface area contributed by atoms with Crippen LogP contribution in [0.15, 0.2) is 48.5 Å². The van der Waals surface area contributed by atoms with Crippen molar-refractivity contribution < 1.29 is 19.1 Å². The standard InChI is InChI=1S/C18H11Cl2NO4/c19-14-7-3-4-11(16(14)20)8-9-15(22)25-10-21-17(23)12-5-1-2-6-13(12)18(21)24/h1-9H,10H2/b9-8+. The molecule has 2 aromatic carbocycles. The topological polar surface area (TPSA) is 63.7 Å². The summed E-state index contributed by atoms with van der Waals surface area (Å²) in [6.07, 6.45) is 2.59. The third-order valence-corrected chi connectivity index (χ3v) is 4.43. The second-order valence-corrected chi connectivity index (χ2v) is 5.94. The van der Waals surface area contributed by atoms with E-state index in [1.807, 2.05) is 0 Å². The molecule has 25 heavy (non-hydrogen) atoms. The molecule has 0 fully saturated rings. The number of imide groups is 1. The minimum absolute atomic E-state index is 0.296. The molecule has 1 aliphatic rings. The highest BCUT2D eigenvalue weighted by molar-refractivity contribution is 6.42. The fourth-order valence-electron chi connectivity index (χ4n) is 2.34. The van der Waals surface area contributed by atoms with Crippen LogP contribution in [0.3, 0.4) is 0 Å². The van der Waals surface area contributed by atoms with Crippen LogP contribution >= 0.6 is 23.2 Å². The molecule has 1 aliphatic heterocycles. The molecule has 0 atom stereocenters. The van der Waals surface area contributed by atoms with Crippen LogP contribution in [-0.2, 0) is 9.53 Å². The smallest absolute Gasteiger partial charge is 0.332 e. The molecule has 0 aliphatic carbocycles. The second-order valence-electron chi connectivity index (χ2n) is 5.15. The van der Waals surface area contributed by atoms with E-state index in [1.165, 1.54) is 6.08 Å². The van der Waals surface area contributed by atoms with Crippen molar-refractivity contribution in [2.75, 3.05) is 6.73 Å². The zero-order valence-electron chi connectivity index (χ0n) is 12.7. The molecule has 0 saturated heterocycles. The minimum Gasteiger partial charge on any atom is -0.441 e. The van der Waals surface area contributed by atoms with Gasteiger partial charge in [0.15, 0.2) is 6.73 Å². The Kier molecular flexibility index (Phi) is 4.88. The van der Waals surface area contributed by atoms with Crippen LogP contribution in [0.5, 0.6) is 0 Å². The zero-order chi connectivity index (χ0) is 18.0. The maximum atomic E-state index is 12.1. The van der Waals surface area contributed by atoms with Gasteiger partial charge in [0.2, 0.25) is 0 Å². The zero-order valence-corrected chi connectivity index (χ0v) is 14.3. The number of ether oxygens (including phenoxy) is 1. The first-order valence-electron chi connectivity index (χ1n) is 7.23. The van der Waals surface area contributed by atoms with E-state index in [2.05, 4.69) is 0 Å². The molecule has 0 bridgehead atoms. The van der Waals surface area contributed by atoms with Crippen LogP contribution in [0, 0.1) is 0 Å². The molecule has 126 valence electrons. The fraction of sp³-hybridized carbons (Fsp3) is 0.0556. The molecule has 0 unspecified atom stereocenters. The normalized spacial score (nSPS) is 13.4. The van der Waals surface area contributed by atoms with Gasteiger partial charge in [0.1, 0.15) is 0 Å². The number of halogens is 2. The summed E-state index contributed by atoms with van der Waals surface area (Å²) in [5.41, 5.74) is 1.14. The Bertz CT molecular complexity index is 873. The quantitative estimate of drug-likeness (QED) is 0.463. The summed E-state index contributed by atoms with van der Waals surface area (Å²) in [5.74, 6) is -1.70. The summed E-state index contributed by atoms with van der Waals surface area (Å²) >= 11 is 11.9. The second kappa shape index (κ2) is 7.09. The highest BCUT2D eigenvalue weighted by Crippen LogP contribution is 2.26. The highest BCUT2D eigenvalue weighted by Gasteiger charge is 2.35. The summed E-state index contributed by atoms with van der Waals surface area (Å²) in [6.45, 7) is -0.460. The number of benzene rings is 2. The number of carbonyl (C=O) groups excluding carboxylic acids is 3.